The first kappa shape index (κ1) is 21.2. The number of carbonyl (C=O) groups excluding carboxylic acids is 1. The Balaban J connectivity index is 1.39. The maximum atomic E-state index is 13.3. The zero-order valence-corrected chi connectivity index (χ0v) is 19.5. The van der Waals surface area contributed by atoms with E-state index in [9.17, 15) is 9.90 Å². The molecule has 1 aromatic heterocycles. The molecular weight excluding hydrogens is 484 g/mol. The predicted octanol–water partition coefficient (Wildman–Crippen LogP) is 3.59. The van der Waals surface area contributed by atoms with Gasteiger partial charge in [0.2, 0.25) is 6.79 Å². The van der Waals surface area contributed by atoms with Crippen LogP contribution in [-0.4, -0.2) is 39.8 Å². The van der Waals surface area contributed by atoms with Crippen molar-refractivity contribution >= 4 is 34.3 Å². The molecule has 3 aliphatic rings. The van der Waals surface area contributed by atoms with Crippen LogP contribution in [0, 0.1) is 0 Å². The summed E-state index contributed by atoms with van der Waals surface area (Å²) in [7, 11) is 0. The Labute approximate surface area is 208 Å². The molecule has 4 aromatic rings. The molecule has 36 heavy (non-hydrogen) atoms. The van der Waals surface area contributed by atoms with Gasteiger partial charge >= 0.3 is 5.97 Å². The molecule has 0 radical (unpaired) electrons. The molecular formula is C26H18N2O7S. The van der Waals surface area contributed by atoms with Gasteiger partial charge in [-0.05, 0) is 53.6 Å². The van der Waals surface area contributed by atoms with E-state index in [4.69, 9.17) is 23.7 Å². The van der Waals surface area contributed by atoms with E-state index in [1.807, 2.05) is 18.2 Å². The van der Waals surface area contributed by atoms with E-state index in [2.05, 4.69) is 8.75 Å². The highest BCUT2D eigenvalue weighted by Crippen LogP contribution is 2.47. The smallest absolute Gasteiger partial charge is 0.342 e. The third-order valence-corrected chi connectivity index (χ3v) is 7.01. The molecule has 0 fully saturated rings. The molecule has 0 saturated heterocycles. The van der Waals surface area contributed by atoms with Gasteiger partial charge < -0.3 is 28.8 Å². The zero-order valence-electron chi connectivity index (χ0n) is 18.7. The first-order chi connectivity index (χ1) is 17.6. The minimum Gasteiger partial charge on any atom is -0.486 e. The molecule has 7 rings (SSSR count). The summed E-state index contributed by atoms with van der Waals surface area (Å²) in [5, 5.41) is 12.0. The quantitative estimate of drug-likeness (QED) is 0.419. The average Bonchev–Trinajstić information content (AvgIpc) is 3.61. The van der Waals surface area contributed by atoms with Gasteiger partial charge in [0.05, 0.1) is 17.3 Å². The van der Waals surface area contributed by atoms with Gasteiger partial charge in [-0.1, -0.05) is 12.1 Å². The van der Waals surface area contributed by atoms with Crippen LogP contribution in [0.4, 0.5) is 0 Å². The van der Waals surface area contributed by atoms with Crippen LogP contribution in [0.2, 0.25) is 0 Å². The number of fused-ring (bicyclic) bond motifs is 3. The highest BCUT2D eigenvalue weighted by molar-refractivity contribution is 7.00. The maximum Gasteiger partial charge on any atom is 0.342 e. The summed E-state index contributed by atoms with van der Waals surface area (Å²) < 4.78 is 36.6. The largest absolute Gasteiger partial charge is 0.486 e. The summed E-state index contributed by atoms with van der Waals surface area (Å²) in [5.74, 6) is -0.345. The number of aromatic nitrogens is 2. The van der Waals surface area contributed by atoms with Crippen LogP contribution in [0.1, 0.15) is 16.7 Å². The van der Waals surface area contributed by atoms with E-state index < -0.39 is 11.8 Å². The van der Waals surface area contributed by atoms with Gasteiger partial charge in [0, 0.05) is 17.6 Å². The fourth-order valence-corrected chi connectivity index (χ4v) is 5.24. The standard InChI is InChI=1S/C26H18N2O7S/c29-25-24(15-2-4-18-19(11-15)28-36-27-18)17(9-14-1-5-21-22(10-14)34-13-33-21)26(30,35-25)16-3-6-20-23(12-16)32-8-7-31-20/h1-6,10-12,30H,7-9,13H2. The summed E-state index contributed by atoms with van der Waals surface area (Å²) in [6, 6.07) is 15.9. The molecule has 3 aliphatic heterocycles. The van der Waals surface area contributed by atoms with Crippen LogP contribution >= 0.6 is 11.7 Å². The molecule has 10 heteroatoms. The molecule has 0 saturated carbocycles. The van der Waals surface area contributed by atoms with Crippen molar-refractivity contribution in [2.75, 3.05) is 20.0 Å². The fraction of sp³-hybridized carbons (Fsp3) is 0.192. The first-order valence-corrected chi connectivity index (χ1v) is 12.0. The van der Waals surface area contributed by atoms with Crippen LogP contribution in [0.15, 0.2) is 60.2 Å². The van der Waals surface area contributed by atoms with Crippen molar-refractivity contribution in [2.45, 2.75) is 12.2 Å². The Hall–Kier alpha value is -4.15. The van der Waals surface area contributed by atoms with Crippen LogP contribution < -0.4 is 18.9 Å². The lowest BCUT2D eigenvalue weighted by atomic mass is 9.87. The lowest BCUT2D eigenvalue weighted by Crippen LogP contribution is -2.30. The van der Waals surface area contributed by atoms with Gasteiger partial charge in [0.25, 0.3) is 5.79 Å². The topological polar surface area (TPSA) is 109 Å². The minimum atomic E-state index is -2.02. The number of cyclic esters (lactones) is 1. The zero-order chi connectivity index (χ0) is 24.3. The van der Waals surface area contributed by atoms with Gasteiger partial charge in [-0.15, -0.1) is 0 Å². The van der Waals surface area contributed by atoms with Crippen molar-refractivity contribution in [3.63, 3.8) is 0 Å². The highest BCUT2D eigenvalue weighted by atomic mass is 32.1. The summed E-state index contributed by atoms with van der Waals surface area (Å²) in [4.78, 5) is 13.3. The Morgan fingerprint density at radius 2 is 1.58 bits per heavy atom. The predicted molar refractivity (Wildman–Crippen MR) is 128 cm³/mol. The number of ether oxygens (including phenoxy) is 5. The second-order valence-corrected chi connectivity index (χ2v) is 9.11. The van der Waals surface area contributed by atoms with Gasteiger partial charge in [-0.25, -0.2) is 4.79 Å². The summed E-state index contributed by atoms with van der Waals surface area (Å²) >= 11 is 1.10. The SMILES string of the molecule is O=C1OC(O)(c2ccc3c(c2)OCCO3)C(Cc2ccc3c(c2)OCO3)=C1c1ccc2nsnc2c1. The number of benzene rings is 3. The lowest BCUT2D eigenvalue weighted by molar-refractivity contribution is -0.185. The Kier molecular flexibility index (Phi) is 4.66. The molecule has 0 aliphatic carbocycles. The van der Waals surface area contributed by atoms with Crippen molar-refractivity contribution in [1.82, 2.24) is 8.75 Å². The second-order valence-electron chi connectivity index (χ2n) is 8.58. The molecule has 1 N–H and O–H groups in total. The van der Waals surface area contributed by atoms with Gasteiger partial charge in [-0.2, -0.15) is 8.75 Å². The van der Waals surface area contributed by atoms with Gasteiger partial charge in [-0.3, -0.25) is 0 Å². The van der Waals surface area contributed by atoms with E-state index in [1.165, 1.54) is 0 Å². The van der Waals surface area contributed by atoms with Crippen LogP contribution in [0.25, 0.3) is 16.6 Å². The minimum absolute atomic E-state index is 0.150. The average molecular weight is 503 g/mol. The third kappa shape index (κ3) is 3.29. The molecule has 9 nitrogen and oxygen atoms in total. The number of rotatable bonds is 4. The number of aliphatic hydroxyl groups is 1. The number of hydrogen-bond acceptors (Lipinski definition) is 10. The van der Waals surface area contributed by atoms with Crippen molar-refractivity contribution in [1.29, 1.82) is 0 Å². The first-order valence-electron chi connectivity index (χ1n) is 11.3. The van der Waals surface area contributed by atoms with Crippen molar-refractivity contribution in [3.8, 4) is 23.0 Å². The van der Waals surface area contributed by atoms with Crippen LogP contribution in [-0.2, 0) is 21.7 Å². The van der Waals surface area contributed by atoms with Gasteiger partial charge in [0.1, 0.15) is 24.2 Å². The molecule has 4 heterocycles. The third-order valence-electron chi connectivity index (χ3n) is 6.45. The Morgan fingerprint density at radius 1 is 0.833 bits per heavy atom. The highest BCUT2D eigenvalue weighted by Gasteiger charge is 2.48. The number of carbonyl (C=O) groups is 1. The lowest BCUT2D eigenvalue weighted by Gasteiger charge is -2.27. The van der Waals surface area contributed by atoms with E-state index >= 15 is 0 Å². The molecule has 0 bridgehead atoms. The van der Waals surface area contributed by atoms with Gasteiger partial charge in [0.15, 0.2) is 23.0 Å². The van der Waals surface area contributed by atoms with Crippen LogP contribution in [0.5, 0.6) is 23.0 Å². The molecule has 1 atom stereocenters. The summed E-state index contributed by atoms with van der Waals surface area (Å²) in [6.45, 7) is 0.984. The van der Waals surface area contributed by atoms with Crippen LogP contribution in [0.3, 0.4) is 0 Å². The van der Waals surface area contributed by atoms with Crippen molar-refractivity contribution < 1.29 is 33.6 Å². The fourth-order valence-electron chi connectivity index (χ4n) is 4.72. The normalized spacial score (nSPS) is 20.2. The number of hydrogen-bond donors (Lipinski definition) is 1. The second kappa shape index (κ2) is 7.94. The number of esters is 1. The molecule has 1 unspecified atom stereocenters. The molecule has 180 valence electrons. The molecule has 0 amide bonds. The monoisotopic (exact) mass is 502 g/mol. The summed E-state index contributed by atoms with van der Waals surface area (Å²) in [6.07, 6.45) is 0.218. The van der Waals surface area contributed by atoms with Crippen molar-refractivity contribution in [3.05, 3.63) is 76.9 Å². The van der Waals surface area contributed by atoms with E-state index in [0.717, 1.165) is 22.8 Å². The van der Waals surface area contributed by atoms with Crippen molar-refractivity contribution in [2.24, 2.45) is 0 Å². The maximum absolute atomic E-state index is 13.3. The molecule has 3 aromatic carbocycles. The number of nitrogens with zero attached hydrogens (tertiary/aromatic N) is 2. The Bertz CT molecular complexity index is 1580. The van der Waals surface area contributed by atoms with E-state index in [-0.39, 0.29) is 18.8 Å². The Morgan fingerprint density at radius 3 is 2.50 bits per heavy atom. The summed E-state index contributed by atoms with van der Waals surface area (Å²) in [5.41, 5.74) is 3.83. The molecule has 0 spiro atoms. The van der Waals surface area contributed by atoms with E-state index in [0.29, 0.717) is 58.4 Å². The van der Waals surface area contributed by atoms with E-state index in [1.54, 1.807) is 36.4 Å².